The van der Waals surface area contributed by atoms with Crippen LogP contribution in [-0.2, 0) is 4.74 Å². The molecule has 2 rings (SSSR count). The normalized spacial score (nSPS) is 15.9. The number of hydrogen-bond acceptors (Lipinski definition) is 3. The van der Waals surface area contributed by atoms with Gasteiger partial charge >= 0.3 is 0 Å². The molecule has 21 heavy (non-hydrogen) atoms. The van der Waals surface area contributed by atoms with Crippen LogP contribution in [0.15, 0.2) is 18.2 Å². The van der Waals surface area contributed by atoms with E-state index in [-0.39, 0.29) is 11.7 Å². The molecule has 1 aromatic rings. The molecule has 2 N–H and O–H groups in total. The summed E-state index contributed by atoms with van der Waals surface area (Å²) in [4.78, 5) is 11.9. The number of nitrogens with one attached hydrogen (secondary N) is 2. The molecule has 1 amide bonds. The zero-order valence-corrected chi connectivity index (χ0v) is 12.5. The summed E-state index contributed by atoms with van der Waals surface area (Å²) in [5.74, 6) is -0.457. The van der Waals surface area contributed by atoms with E-state index in [0.717, 1.165) is 32.4 Å². The van der Waals surface area contributed by atoms with Gasteiger partial charge in [-0.25, -0.2) is 4.39 Å². The SMILES string of the molecule is Cc1cc(C(=O)NCCCOC2CCNCC2)ccc1F. The van der Waals surface area contributed by atoms with Gasteiger partial charge < -0.3 is 15.4 Å². The number of halogens is 1. The number of aryl methyl sites for hydroxylation is 1. The van der Waals surface area contributed by atoms with Gasteiger partial charge in [-0.2, -0.15) is 0 Å². The molecule has 1 aromatic carbocycles. The molecule has 1 aliphatic rings. The van der Waals surface area contributed by atoms with Gasteiger partial charge in [-0.05, 0) is 63.0 Å². The third kappa shape index (κ3) is 5.10. The van der Waals surface area contributed by atoms with Crippen LogP contribution in [0, 0.1) is 12.7 Å². The first-order valence-electron chi connectivity index (χ1n) is 7.53. The lowest BCUT2D eigenvalue weighted by atomic mass is 10.1. The molecule has 0 radical (unpaired) electrons. The Balaban J connectivity index is 1.63. The number of hydrogen-bond donors (Lipinski definition) is 2. The van der Waals surface area contributed by atoms with Crippen LogP contribution in [0.2, 0.25) is 0 Å². The van der Waals surface area contributed by atoms with Crippen LogP contribution in [0.4, 0.5) is 4.39 Å². The summed E-state index contributed by atoms with van der Waals surface area (Å²) >= 11 is 0. The summed E-state index contributed by atoms with van der Waals surface area (Å²) in [6, 6.07) is 4.39. The van der Waals surface area contributed by atoms with Crippen molar-refractivity contribution in [3.63, 3.8) is 0 Å². The summed E-state index contributed by atoms with van der Waals surface area (Å²) in [7, 11) is 0. The standard InChI is InChI=1S/C16H23FN2O2/c1-12-11-13(3-4-15(12)17)16(20)19-7-2-10-21-14-5-8-18-9-6-14/h3-4,11,14,18H,2,5-10H2,1H3,(H,19,20). The van der Waals surface area contributed by atoms with E-state index in [2.05, 4.69) is 10.6 Å². The van der Waals surface area contributed by atoms with E-state index in [1.807, 2.05) is 0 Å². The first-order valence-corrected chi connectivity index (χ1v) is 7.53. The number of ether oxygens (including phenoxy) is 1. The monoisotopic (exact) mass is 294 g/mol. The number of piperidine rings is 1. The number of benzene rings is 1. The first-order chi connectivity index (χ1) is 10.2. The Labute approximate surface area is 125 Å². The Morgan fingerprint density at radius 3 is 2.90 bits per heavy atom. The highest BCUT2D eigenvalue weighted by Gasteiger charge is 2.12. The van der Waals surface area contributed by atoms with Gasteiger partial charge in [0.2, 0.25) is 0 Å². The summed E-state index contributed by atoms with van der Waals surface area (Å²) in [6.45, 7) is 4.92. The van der Waals surface area contributed by atoms with Crippen molar-refractivity contribution >= 4 is 5.91 Å². The highest BCUT2D eigenvalue weighted by molar-refractivity contribution is 5.94. The summed E-state index contributed by atoms with van der Waals surface area (Å²) in [6.07, 6.45) is 3.25. The maximum absolute atomic E-state index is 13.1. The van der Waals surface area contributed by atoms with E-state index in [4.69, 9.17) is 4.74 Å². The number of amides is 1. The van der Waals surface area contributed by atoms with Gasteiger partial charge in [-0.1, -0.05) is 0 Å². The average Bonchev–Trinajstić information content (AvgIpc) is 2.50. The lowest BCUT2D eigenvalue weighted by Gasteiger charge is -2.22. The second-order valence-electron chi connectivity index (χ2n) is 5.39. The Morgan fingerprint density at radius 1 is 1.43 bits per heavy atom. The molecule has 1 fully saturated rings. The average molecular weight is 294 g/mol. The Bertz CT molecular complexity index is 473. The van der Waals surface area contributed by atoms with Crippen molar-refractivity contribution in [2.45, 2.75) is 32.3 Å². The van der Waals surface area contributed by atoms with Crippen LogP contribution in [0.25, 0.3) is 0 Å². The Morgan fingerprint density at radius 2 is 2.19 bits per heavy atom. The van der Waals surface area contributed by atoms with Gasteiger partial charge in [-0.15, -0.1) is 0 Å². The molecule has 116 valence electrons. The van der Waals surface area contributed by atoms with Crippen molar-refractivity contribution < 1.29 is 13.9 Å². The molecule has 4 nitrogen and oxygen atoms in total. The number of carbonyl (C=O) groups is 1. The zero-order valence-electron chi connectivity index (χ0n) is 12.5. The van der Waals surface area contributed by atoms with Gasteiger partial charge in [0.25, 0.3) is 5.91 Å². The minimum Gasteiger partial charge on any atom is -0.378 e. The van der Waals surface area contributed by atoms with E-state index in [1.165, 1.54) is 12.1 Å². The van der Waals surface area contributed by atoms with Gasteiger partial charge in [0.05, 0.1) is 6.10 Å². The fourth-order valence-electron chi connectivity index (χ4n) is 2.37. The van der Waals surface area contributed by atoms with Crippen LogP contribution < -0.4 is 10.6 Å². The second-order valence-corrected chi connectivity index (χ2v) is 5.39. The van der Waals surface area contributed by atoms with E-state index in [1.54, 1.807) is 13.0 Å². The number of rotatable bonds is 6. The van der Waals surface area contributed by atoms with Gasteiger partial charge in [0.15, 0.2) is 0 Å². The van der Waals surface area contributed by atoms with E-state index >= 15 is 0 Å². The third-order valence-electron chi connectivity index (χ3n) is 3.67. The predicted molar refractivity (Wildman–Crippen MR) is 79.9 cm³/mol. The molecule has 5 heteroatoms. The summed E-state index contributed by atoms with van der Waals surface area (Å²) < 4.78 is 18.9. The fourth-order valence-corrected chi connectivity index (χ4v) is 2.37. The second kappa shape index (κ2) is 8.10. The lowest BCUT2D eigenvalue weighted by molar-refractivity contribution is 0.0318. The Kier molecular flexibility index (Phi) is 6.14. The topological polar surface area (TPSA) is 50.4 Å². The molecule has 1 saturated heterocycles. The van der Waals surface area contributed by atoms with Crippen molar-refractivity contribution in [3.8, 4) is 0 Å². The van der Waals surface area contributed by atoms with Crippen molar-refractivity contribution in [2.75, 3.05) is 26.2 Å². The van der Waals surface area contributed by atoms with Crippen molar-refractivity contribution in [2.24, 2.45) is 0 Å². The largest absolute Gasteiger partial charge is 0.378 e. The van der Waals surface area contributed by atoms with E-state index in [9.17, 15) is 9.18 Å². The maximum Gasteiger partial charge on any atom is 0.251 e. The van der Waals surface area contributed by atoms with E-state index in [0.29, 0.717) is 30.4 Å². The third-order valence-corrected chi connectivity index (χ3v) is 3.67. The molecule has 0 atom stereocenters. The van der Waals surface area contributed by atoms with Crippen molar-refractivity contribution in [3.05, 3.63) is 35.1 Å². The minimum absolute atomic E-state index is 0.167. The van der Waals surface area contributed by atoms with Gasteiger partial charge in [0, 0.05) is 18.7 Å². The quantitative estimate of drug-likeness (QED) is 0.789. The molecule has 0 aliphatic carbocycles. The van der Waals surface area contributed by atoms with Gasteiger partial charge in [0.1, 0.15) is 5.82 Å². The first kappa shape index (κ1) is 15.9. The van der Waals surface area contributed by atoms with Crippen molar-refractivity contribution in [1.82, 2.24) is 10.6 Å². The minimum atomic E-state index is -0.290. The molecule has 0 bridgehead atoms. The molecular formula is C16H23FN2O2. The van der Waals surface area contributed by atoms with Crippen LogP contribution in [-0.4, -0.2) is 38.3 Å². The van der Waals surface area contributed by atoms with Crippen LogP contribution in [0.5, 0.6) is 0 Å². The van der Waals surface area contributed by atoms with Crippen molar-refractivity contribution in [1.29, 1.82) is 0 Å². The summed E-state index contributed by atoms with van der Waals surface area (Å²) in [5, 5.41) is 6.12. The lowest BCUT2D eigenvalue weighted by Crippen LogP contribution is -2.33. The molecular weight excluding hydrogens is 271 g/mol. The predicted octanol–water partition coefficient (Wildman–Crippen LogP) is 2.02. The Hall–Kier alpha value is -1.46. The molecule has 0 unspecified atom stereocenters. The van der Waals surface area contributed by atoms with E-state index < -0.39 is 0 Å². The molecule has 0 aromatic heterocycles. The highest BCUT2D eigenvalue weighted by Crippen LogP contribution is 2.09. The smallest absolute Gasteiger partial charge is 0.251 e. The summed E-state index contributed by atoms with van der Waals surface area (Å²) in [5.41, 5.74) is 0.977. The zero-order chi connectivity index (χ0) is 15.1. The molecule has 0 saturated carbocycles. The van der Waals surface area contributed by atoms with Crippen LogP contribution in [0.3, 0.4) is 0 Å². The number of carbonyl (C=O) groups excluding carboxylic acids is 1. The molecule has 0 spiro atoms. The van der Waals surface area contributed by atoms with Crippen LogP contribution in [0.1, 0.15) is 35.2 Å². The van der Waals surface area contributed by atoms with Crippen LogP contribution >= 0.6 is 0 Å². The fraction of sp³-hybridized carbons (Fsp3) is 0.562. The molecule has 1 heterocycles. The van der Waals surface area contributed by atoms with Gasteiger partial charge in [-0.3, -0.25) is 4.79 Å². The maximum atomic E-state index is 13.1. The highest BCUT2D eigenvalue weighted by atomic mass is 19.1. The molecule has 1 aliphatic heterocycles.